The van der Waals surface area contributed by atoms with Crippen molar-refractivity contribution >= 4 is 14.0 Å². The van der Waals surface area contributed by atoms with E-state index in [9.17, 15) is 4.79 Å². The summed E-state index contributed by atoms with van der Waals surface area (Å²) in [4.78, 5) is 11.4. The van der Waals surface area contributed by atoms with E-state index >= 15 is 0 Å². The molecular formula is C10H15ClHgO2. The molecule has 4 unspecified atom stereocenters. The first-order chi connectivity index (χ1) is 6.72. The van der Waals surface area contributed by atoms with E-state index in [0.29, 0.717) is 15.3 Å². The molecule has 2 saturated heterocycles. The third kappa shape index (κ3) is 2.17. The van der Waals surface area contributed by atoms with Crippen molar-refractivity contribution in [2.45, 2.75) is 48.2 Å². The zero-order chi connectivity index (χ0) is 10.1. The quantitative estimate of drug-likeness (QED) is 0.663. The first-order valence-electron chi connectivity index (χ1n) is 5.44. The van der Waals surface area contributed by atoms with E-state index in [1.54, 1.807) is 6.92 Å². The molecule has 4 heteroatoms. The van der Waals surface area contributed by atoms with E-state index in [0.717, 1.165) is 12.8 Å². The molecule has 0 aromatic heterocycles. The van der Waals surface area contributed by atoms with E-state index in [4.69, 9.17) is 13.0 Å². The van der Waals surface area contributed by atoms with Crippen molar-refractivity contribution < 1.29 is 32.9 Å². The molecule has 2 aliphatic rings. The van der Waals surface area contributed by atoms with Crippen LogP contribution in [0.5, 0.6) is 0 Å². The Bertz CT molecular complexity index is 234. The average molecular weight is 403 g/mol. The third-order valence-electron chi connectivity index (χ3n) is 3.59. The zero-order valence-electron chi connectivity index (χ0n) is 8.54. The van der Waals surface area contributed by atoms with Gasteiger partial charge in [0.2, 0.25) is 0 Å². The maximum absolute atomic E-state index is 11.4. The molecule has 0 aliphatic carbocycles. The van der Waals surface area contributed by atoms with Crippen molar-refractivity contribution in [3.63, 3.8) is 0 Å². The molecule has 76 valence electrons. The van der Waals surface area contributed by atoms with Gasteiger partial charge in [-0.25, -0.2) is 0 Å². The molecule has 0 N–H and O–H groups in total. The van der Waals surface area contributed by atoms with Gasteiger partial charge in [-0.05, 0) is 0 Å². The van der Waals surface area contributed by atoms with Crippen LogP contribution in [-0.4, -0.2) is 18.0 Å². The summed E-state index contributed by atoms with van der Waals surface area (Å²) in [6, 6.07) is 0. The molecule has 0 amide bonds. The Morgan fingerprint density at radius 3 is 2.86 bits per heavy atom. The Morgan fingerprint density at radius 1 is 1.43 bits per heavy atom. The van der Waals surface area contributed by atoms with Gasteiger partial charge in [0.05, 0.1) is 0 Å². The van der Waals surface area contributed by atoms with Crippen LogP contribution in [0.3, 0.4) is 0 Å². The van der Waals surface area contributed by atoms with Gasteiger partial charge in [-0.15, -0.1) is 0 Å². The van der Waals surface area contributed by atoms with Crippen molar-refractivity contribution in [3.05, 3.63) is 0 Å². The molecule has 0 radical (unpaired) electrons. The number of hydrogen-bond donors (Lipinski definition) is 0. The van der Waals surface area contributed by atoms with Gasteiger partial charge in [0.1, 0.15) is 0 Å². The van der Waals surface area contributed by atoms with Crippen LogP contribution < -0.4 is 0 Å². The number of carbonyl (C=O) groups is 1. The first kappa shape index (κ1) is 11.3. The predicted octanol–water partition coefficient (Wildman–Crippen LogP) is 2.56. The topological polar surface area (TPSA) is 26.3 Å². The van der Waals surface area contributed by atoms with E-state index in [1.807, 2.05) is 0 Å². The van der Waals surface area contributed by atoms with Crippen molar-refractivity contribution in [3.8, 4) is 0 Å². The van der Waals surface area contributed by atoms with Crippen LogP contribution in [0.2, 0.25) is 3.43 Å². The van der Waals surface area contributed by atoms with Crippen LogP contribution in [-0.2, 0) is 32.9 Å². The van der Waals surface area contributed by atoms with E-state index < -0.39 is 23.3 Å². The maximum atomic E-state index is 11.4. The third-order valence-corrected chi connectivity index (χ3v) is 12.2. The second kappa shape index (κ2) is 4.79. The molecule has 0 aromatic rings. The molecule has 2 fully saturated rings. The number of halogens is 1. The number of ether oxygens (including phenoxy) is 1. The van der Waals surface area contributed by atoms with E-state index in [1.165, 1.54) is 12.8 Å². The molecular weight excluding hydrogens is 388 g/mol. The summed E-state index contributed by atoms with van der Waals surface area (Å²) >= 11 is -1.20. The van der Waals surface area contributed by atoms with Crippen molar-refractivity contribution in [1.82, 2.24) is 0 Å². The molecule has 2 aliphatic heterocycles. The summed E-state index contributed by atoms with van der Waals surface area (Å²) in [5.74, 6) is 0.490. The Morgan fingerprint density at radius 2 is 2.21 bits per heavy atom. The average Bonchev–Trinajstić information content (AvgIpc) is 2.42. The van der Waals surface area contributed by atoms with E-state index in [2.05, 4.69) is 0 Å². The van der Waals surface area contributed by atoms with Gasteiger partial charge in [0, 0.05) is 0 Å². The van der Waals surface area contributed by atoms with Crippen LogP contribution in [0, 0.1) is 5.92 Å². The second-order valence-corrected chi connectivity index (χ2v) is 12.5. The molecule has 2 rings (SSSR count). The number of hydrogen-bond acceptors (Lipinski definition) is 2. The van der Waals surface area contributed by atoms with Crippen LogP contribution in [0.25, 0.3) is 0 Å². The fourth-order valence-corrected chi connectivity index (χ4v) is 9.49. The molecule has 2 bridgehead atoms. The standard InChI is InChI=1S/C10H15O2.ClH.Hg/c1-7(11)9-6-8-4-2-3-5-10(9)12-8;;/h4,8-10H,2-3,5-6H2,1H3;1H;/q;;+1/p-1. The van der Waals surface area contributed by atoms with Gasteiger partial charge in [-0.3, -0.25) is 0 Å². The van der Waals surface area contributed by atoms with Gasteiger partial charge < -0.3 is 0 Å². The van der Waals surface area contributed by atoms with Crippen molar-refractivity contribution in [2.75, 3.05) is 0 Å². The summed E-state index contributed by atoms with van der Waals surface area (Å²) in [6.45, 7) is 1.70. The monoisotopic (exact) mass is 404 g/mol. The summed E-state index contributed by atoms with van der Waals surface area (Å²) in [6.07, 6.45) is 5.06. The summed E-state index contributed by atoms with van der Waals surface area (Å²) in [7, 11) is 6.13. The Hall–Kier alpha value is 0.855. The second-order valence-electron chi connectivity index (χ2n) is 4.51. The molecule has 2 heterocycles. The van der Waals surface area contributed by atoms with Gasteiger partial charge in [-0.2, -0.15) is 0 Å². The molecule has 0 spiro atoms. The van der Waals surface area contributed by atoms with E-state index in [-0.39, 0.29) is 12.0 Å². The SMILES string of the molecule is CC(=O)C1CC2OC1CCC[CH]2[Hg][Cl]. The summed E-state index contributed by atoms with van der Waals surface area (Å²) in [5, 5.41) is 0. The number of carbonyl (C=O) groups excluding carboxylic acids is 1. The number of Topliss-reactive ketones (excluding diaryl/α,β-unsaturated/α-hetero) is 1. The minimum atomic E-state index is -1.20. The van der Waals surface area contributed by atoms with Gasteiger partial charge >= 0.3 is 101 Å². The van der Waals surface area contributed by atoms with Crippen LogP contribution in [0.4, 0.5) is 0 Å². The number of rotatable bonds is 2. The molecule has 14 heavy (non-hydrogen) atoms. The van der Waals surface area contributed by atoms with Gasteiger partial charge in [-0.1, -0.05) is 0 Å². The fraction of sp³-hybridized carbons (Fsp3) is 0.900. The minimum absolute atomic E-state index is 0.180. The Balaban J connectivity index is 2.08. The fourth-order valence-electron chi connectivity index (χ4n) is 2.72. The molecule has 0 aromatic carbocycles. The number of fused-ring (bicyclic) bond motifs is 2. The Labute approximate surface area is 101 Å². The van der Waals surface area contributed by atoms with Crippen LogP contribution in [0.15, 0.2) is 0 Å². The summed E-state index contributed by atoms with van der Waals surface area (Å²) < 4.78 is 6.64. The molecule has 2 nitrogen and oxygen atoms in total. The Kier molecular flexibility index (Phi) is 3.88. The summed E-state index contributed by atoms with van der Waals surface area (Å²) in [5.41, 5.74) is 0. The predicted molar refractivity (Wildman–Crippen MR) is 50.9 cm³/mol. The van der Waals surface area contributed by atoms with Crippen LogP contribution in [0.1, 0.15) is 32.6 Å². The van der Waals surface area contributed by atoms with Crippen LogP contribution >= 0.6 is 8.25 Å². The zero-order valence-corrected chi connectivity index (χ0v) is 14.8. The van der Waals surface area contributed by atoms with Gasteiger partial charge in [0.15, 0.2) is 0 Å². The van der Waals surface area contributed by atoms with Gasteiger partial charge in [0.25, 0.3) is 0 Å². The number of ketones is 1. The van der Waals surface area contributed by atoms with Crippen molar-refractivity contribution in [2.24, 2.45) is 5.92 Å². The molecule has 4 atom stereocenters. The molecule has 0 saturated carbocycles. The van der Waals surface area contributed by atoms with Crippen molar-refractivity contribution in [1.29, 1.82) is 0 Å². The normalized spacial score (nSPS) is 41.6. The first-order valence-corrected chi connectivity index (χ1v) is 15.4.